The number of allylic oxidation sites excluding steroid dienone is 5. The van der Waals surface area contributed by atoms with Crippen LogP contribution in [0.3, 0.4) is 0 Å². The van der Waals surface area contributed by atoms with E-state index < -0.39 is 0 Å². The summed E-state index contributed by atoms with van der Waals surface area (Å²) in [7, 11) is 0. The normalized spacial score (nSPS) is 24.8. The maximum absolute atomic E-state index is 3.52. The van der Waals surface area contributed by atoms with E-state index in [9.17, 15) is 0 Å². The van der Waals surface area contributed by atoms with E-state index in [1.807, 2.05) is 0 Å². The third kappa shape index (κ3) is 2.73. The highest BCUT2D eigenvalue weighted by Gasteiger charge is 2.27. The topological polar surface area (TPSA) is 12.0 Å². The van der Waals surface area contributed by atoms with Gasteiger partial charge in [0.2, 0.25) is 0 Å². The maximum atomic E-state index is 3.52. The largest absolute Gasteiger partial charge is 0.381 e. The molecule has 1 heteroatoms. The van der Waals surface area contributed by atoms with Gasteiger partial charge in [0, 0.05) is 0 Å². The van der Waals surface area contributed by atoms with Crippen LogP contribution >= 0.6 is 0 Å². The molecule has 1 heterocycles. The van der Waals surface area contributed by atoms with Gasteiger partial charge in [-0.2, -0.15) is 0 Å². The average molecular weight is 275 g/mol. The standard InChI is InChI=1S/C20H21N/c1-2-5-15(6-3-1)17-7-4-8-19(13-17)20-14-18(11-12-21-20)16-9-10-16/h1-3,5-7,11-14,16,20-21H,4,8-10H2. The predicted octanol–water partition coefficient (Wildman–Crippen LogP) is 4.61. The number of rotatable bonds is 3. The van der Waals surface area contributed by atoms with Gasteiger partial charge in [0.05, 0.1) is 6.04 Å². The lowest BCUT2D eigenvalue weighted by molar-refractivity contribution is 0.722. The summed E-state index contributed by atoms with van der Waals surface area (Å²) in [6.45, 7) is 0. The molecule has 0 spiro atoms. The second-order valence-electron chi connectivity index (χ2n) is 6.20. The summed E-state index contributed by atoms with van der Waals surface area (Å²) >= 11 is 0. The lowest BCUT2D eigenvalue weighted by Crippen LogP contribution is -2.28. The molecule has 1 nitrogen and oxygen atoms in total. The first-order chi connectivity index (χ1) is 10.4. The van der Waals surface area contributed by atoms with Gasteiger partial charge in [-0.1, -0.05) is 48.6 Å². The summed E-state index contributed by atoms with van der Waals surface area (Å²) in [4.78, 5) is 0. The summed E-state index contributed by atoms with van der Waals surface area (Å²) in [5.74, 6) is 0.833. The zero-order valence-corrected chi connectivity index (χ0v) is 12.3. The molecule has 0 radical (unpaired) electrons. The van der Waals surface area contributed by atoms with Crippen LogP contribution in [0, 0.1) is 5.92 Å². The molecule has 0 bridgehead atoms. The Labute approximate surface area is 126 Å². The van der Waals surface area contributed by atoms with Crippen molar-refractivity contribution in [1.82, 2.24) is 5.32 Å². The van der Waals surface area contributed by atoms with Crippen molar-refractivity contribution in [2.75, 3.05) is 0 Å². The lowest BCUT2D eigenvalue weighted by atomic mass is 9.89. The summed E-state index contributed by atoms with van der Waals surface area (Å²) in [5.41, 5.74) is 5.75. The van der Waals surface area contributed by atoms with E-state index in [0.717, 1.165) is 18.8 Å². The SMILES string of the molecule is C1=CC(C2CC2)=CC(C2=CC(c3ccccc3)=CCC2)N1. The Morgan fingerprint density at radius 2 is 1.90 bits per heavy atom. The maximum Gasteiger partial charge on any atom is 0.0661 e. The van der Waals surface area contributed by atoms with Crippen molar-refractivity contribution in [3.63, 3.8) is 0 Å². The number of hydrogen-bond acceptors (Lipinski definition) is 1. The molecule has 1 unspecified atom stereocenters. The zero-order chi connectivity index (χ0) is 14.1. The van der Waals surface area contributed by atoms with Gasteiger partial charge in [-0.05, 0) is 66.2 Å². The minimum absolute atomic E-state index is 0.387. The van der Waals surface area contributed by atoms with E-state index >= 15 is 0 Å². The summed E-state index contributed by atoms with van der Waals surface area (Å²) in [6, 6.07) is 11.1. The molecule has 4 rings (SSSR count). The summed E-state index contributed by atoms with van der Waals surface area (Å²) < 4.78 is 0. The molecule has 0 aromatic heterocycles. The van der Waals surface area contributed by atoms with Crippen molar-refractivity contribution in [2.24, 2.45) is 5.92 Å². The minimum atomic E-state index is 0.387. The molecule has 0 amide bonds. The highest BCUT2D eigenvalue weighted by Crippen LogP contribution is 2.39. The van der Waals surface area contributed by atoms with E-state index in [0.29, 0.717) is 6.04 Å². The Bertz CT molecular complexity index is 642. The van der Waals surface area contributed by atoms with Crippen LogP contribution < -0.4 is 5.32 Å². The van der Waals surface area contributed by atoms with E-state index in [-0.39, 0.29) is 0 Å². The fourth-order valence-electron chi connectivity index (χ4n) is 3.25. The molecule has 0 saturated heterocycles. The summed E-state index contributed by atoms with van der Waals surface area (Å²) in [5, 5.41) is 3.52. The third-order valence-electron chi connectivity index (χ3n) is 4.60. The van der Waals surface area contributed by atoms with Crippen molar-refractivity contribution in [2.45, 2.75) is 31.7 Å². The first kappa shape index (κ1) is 12.7. The van der Waals surface area contributed by atoms with Crippen LogP contribution in [0.1, 0.15) is 31.2 Å². The second-order valence-corrected chi connectivity index (χ2v) is 6.20. The molecular weight excluding hydrogens is 254 g/mol. The van der Waals surface area contributed by atoms with Gasteiger partial charge >= 0.3 is 0 Å². The lowest BCUT2D eigenvalue weighted by Gasteiger charge is -2.24. The highest BCUT2D eigenvalue weighted by atomic mass is 14.9. The Morgan fingerprint density at radius 3 is 2.71 bits per heavy atom. The third-order valence-corrected chi connectivity index (χ3v) is 4.60. The number of nitrogens with one attached hydrogen (secondary N) is 1. The van der Waals surface area contributed by atoms with Crippen molar-refractivity contribution in [3.05, 3.63) is 77.5 Å². The number of dihydropyridines is 1. The van der Waals surface area contributed by atoms with Crippen LogP contribution in [0.15, 0.2) is 72.0 Å². The first-order valence-electron chi connectivity index (χ1n) is 8.00. The van der Waals surface area contributed by atoms with Gasteiger partial charge in [0.1, 0.15) is 0 Å². The summed E-state index contributed by atoms with van der Waals surface area (Å²) in [6.07, 6.45) is 16.6. The van der Waals surface area contributed by atoms with Gasteiger partial charge < -0.3 is 5.32 Å². The van der Waals surface area contributed by atoms with E-state index in [1.54, 1.807) is 0 Å². The predicted molar refractivity (Wildman–Crippen MR) is 88.6 cm³/mol. The Hall–Kier alpha value is -2.02. The smallest absolute Gasteiger partial charge is 0.0661 e. The Balaban J connectivity index is 1.59. The fraction of sp³-hybridized carbons (Fsp3) is 0.300. The molecule has 1 atom stereocenters. The first-order valence-corrected chi connectivity index (χ1v) is 8.00. The van der Waals surface area contributed by atoms with Gasteiger partial charge in [0.15, 0.2) is 0 Å². The number of hydrogen-bond donors (Lipinski definition) is 1. The molecule has 3 aliphatic rings. The molecule has 21 heavy (non-hydrogen) atoms. The Morgan fingerprint density at radius 1 is 1.05 bits per heavy atom. The van der Waals surface area contributed by atoms with E-state index in [1.165, 1.54) is 35.1 Å². The van der Waals surface area contributed by atoms with Gasteiger partial charge in [-0.25, -0.2) is 0 Å². The zero-order valence-electron chi connectivity index (χ0n) is 12.3. The minimum Gasteiger partial charge on any atom is -0.381 e. The van der Waals surface area contributed by atoms with Crippen molar-refractivity contribution in [3.8, 4) is 0 Å². The van der Waals surface area contributed by atoms with Crippen LogP contribution in [0.25, 0.3) is 5.57 Å². The van der Waals surface area contributed by atoms with Gasteiger partial charge in [-0.15, -0.1) is 0 Å². The monoisotopic (exact) mass is 275 g/mol. The second kappa shape index (κ2) is 5.40. The van der Waals surface area contributed by atoms with Crippen LogP contribution in [0.5, 0.6) is 0 Å². The molecule has 106 valence electrons. The Kier molecular flexibility index (Phi) is 3.27. The van der Waals surface area contributed by atoms with Crippen molar-refractivity contribution >= 4 is 5.57 Å². The molecule has 1 saturated carbocycles. The van der Waals surface area contributed by atoms with Gasteiger partial charge in [0.25, 0.3) is 0 Å². The van der Waals surface area contributed by atoms with Crippen LogP contribution in [-0.4, -0.2) is 6.04 Å². The van der Waals surface area contributed by atoms with E-state index in [4.69, 9.17) is 0 Å². The molecule has 1 fully saturated rings. The van der Waals surface area contributed by atoms with Gasteiger partial charge in [-0.3, -0.25) is 0 Å². The molecule has 1 aromatic carbocycles. The fourth-order valence-corrected chi connectivity index (χ4v) is 3.25. The van der Waals surface area contributed by atoms with Crippen LogP contribution in [-0.2, 0) is 0 Å². The van der Waals surface area contributed by atoms with Crippen molar-refractivity contribution < 1.29 is 0 Å². The quantitative estimate of drug-likeness (QED) is 0.849. The molecular formula is C20H21N. The van der Waals surface area contributed by atoms with Crippen molar-refractivity contribution in [1.29, 1.82) is 0 Å². The van der Waals surface area contributed by atoms with Crippen LogP contribution in [0.4, 0.5) is 0 Å². The van der Waals surface area contributed by atoms with E-state index in [2.05, 4.69) is 66.2 Å². The molecule has 1 aliphatic heterocycles. The molecule has 2 aliphatic carbocycles. The number of benzene rings is 1. The average Bonchev–Trinajstić information content (AvgIpc) is 3.41. The van der Waals surface area contributed by atoms with Crippen LogP contribution in [0.2, 0.25) is 0 Å². The molecule has 1 N–H and O–H groups in total. The highest BCUT2D eigenvalue weighted by molar-refractivity contribution is 5.76. The molecule has 1 aromatic rings.